The lowest BCUT2D eigenvalue weighted by Gasteiger charge is -2.15. The van der Waals surface area contributed by atoms with Crippen LogP contribution in [0.1, 0.15) is 30.0 Å². The zero-order chi connectivity index (χ0) is 11.7. The van der Waals surface area contributed by atoms with Crippen molar-refractivity contribution in [3.8, 4) is 0 Å². The molecule has 1 atom stereocenters. The van der Waals surface area contributed by atoms with Crippen LogP contribution in [0, 0.1) is 6.92 Å². The normalized spacial score (nSPS) is 25.6. The van der Waals surface area contributed by atoms with Gasteiger partial charge >= 0.3 is 0 Å². The predicted octanol–water partition coefficient (Wildman–Crippen LogP) is 1.82. The smallest absolute Gasteiger partial charge is 0.0897 e. The summed E-state index contributed by atoms with van der Waals surface area (Å²) in [6, 6.07) is 1.60. The molecule has 1 aromatic rings. The first kappa shape index (κ1) is 11.6. The van der Waals surface area contributed by atoms with Gasteiger partial charge in [0.25, 0.3) is 0 Å². The maximum atomic E-state index is 4.53. The monoisotopic (exact) mass is 251 g/mol. The van der Waals surface area contributed by atoms with Crippen LogP contribution in [0.15, 0.2) is 5.38 Å². The summed E-state index contributed by atoms with van der Waals surface area (Å²) >= 11 is 1.76. The highest BCUT2D eigenvalue weighted by atomic mass is 32.1. The molecule has 3 rings (SSSR count). The number of aromatic nitrogens is 1. The predicted molar refractivity (Wildman–Crippen MR) is 71.6 cm³/mol. The third-order valence-corrected chi connectivity index (χ3v) is 4.49. The van der Waals surface area contributed by atoms with Crippen molar-refractivity contribution in [1.29, 1.82) is 0 Å². The molecule has 0 bridgehead atoms. The van der Waals surface area contributed by atoms with Gasteiger partial charge in [-0.2, -0.15) is 0 Å². The molecule has 17 heavy (non-hydrogen) atoms. The van der Waals surface area contributed by atoms with Gasteiger partial charge in [-0.3, -0.25) is 0 Å². The first-order valence-electron chi connectivity index (χ1n) is 6.69. The Kier molecular flexibility index (Phi) is 3.45. The van der Waals surface area contributed by atoms with Gasteiger partial charge in [-0.05, 0) is 32.7 Å². The van der Waals surface area contributed by atoms with Crippen molar-refractivity contribution in [3.05, 3.63) is 16.1 Å². The van der Waals surface area contributed by atoms with Gasteiger partial charge in [-0.25, -0.2) is 4.98 Å². The van der Waals surface area contributed by atoms with Crippen LogP contribution < -0.4 is 5.32 Å². The van der Waals surface area contributed by atoms with E-state index in [1.165, 1.54) is 49.6 Å². The third kappa shape index (κ3) is 3.27. The van der Waals surface area contributed by atoms with E-state index in [-0.39, 0.29) is 0 Å². The molecule has 2 heterocycles. The number of hydrogen-bond acceptors (Lipinski definition) is 4. The van der Waals surface area contributed by atoms with Gasteiger partial charge in [0.2, 0.25) is 0 Å². The minimum atomic E-state index is 0.750. The second kappa shape index (κ2) is 5.04. The number of hydrogen-bond donors (Lipinski definition) is 1. The van der Waals surface area contributed by atoms with Crippen LogP contribution in [0.2, 0.25) is 0 Å². The fraction of sp³-hybridized carbons (Fsp3) is 0.769. The van der Waals surface area contributed by atoms with Gasteiger partial charge < -0.3 is 10.2 Å². The van der Waals surface area contributed by atoms with Crippen molar-refractivity contribution < 1.29 is 0 Å². The Morgan fingerprint density at radius 1 is 1.41 bits per heavy atom. The van der Waals surface area contributed by atoms with Crippen LogP contribution in [0.4, 0.5) is 0 Å². The van der Waals surface area contributed by atoms with E-state index in [2.05, 4.69) is 27.5 Å². The average molecular weight is 251 g/mol. The number of nitrogens with one attached hydrogen (secondary N) is 1. The van der Waals surface area contributed by atoms with Crippen LogP contribution in [-0.4, -0.2) is 41.6 Å². The molecule has 0 aromatic carbocycles. The lowest BCUT2D eigenvalue weighted by molar-refractivity contribution is 0.330. The van der Waals surface area contributed by atoms with Crippen molar-refractivity contribution in [2.45, 2.75) is 44.7 Å². The molecule has 2 fully saturated rings. The lowest BCUT2D eigenvalue weighted by Crippen LogP contribution is -2.34. The Labute approximate surface area is 107 Å². The van der Waals surface area contributed by atoms with E-state index >= 15 is 0 Å². The van der Waals surface area contributed by atoms with Gasteiger partial charge in [0.1, 0.15) is 0 Å². The first-order valence-corrected chi connectivity index (χ1v) is 7.57. The Morgan fingerprint density at radius 3 is 3.00 bits per heavy atom. The largest absolute Gasteiger partial charge is 0.310 e. The molecule has 94 valence electrons. The summed E-state index contributed by atoms with van der Waals surface area (Å²) in [5, 5.41) is 7.12. The molecule has 2 aliphatic rings. The highest BCUT2D eigenvalue weighted by Crippen LogP contribution is 2.22. The van der Waals surface area contributed by atoms with Crippen LogP contribution in [0.25, 0.3) is 0 Å². The Morgan fingerprint density at radius 2 is 2.29 bits per heavy atom. The van der Waals surface area contributed by atoms with Crippen molar-refractivity contribution in [1.82, 2.24) is 15.2 Å². The maximum Gasteiger partial charge on any atom is 0.0897 e. The first-order chi connectivity index (χ1) is 8.29. The van der Waals surface area contributed by atoms with Crippen LogP contribution >= 0.6 is 11.3 Å². The van der Waals surface area contributed by atoms with E-state index in [1.54, 1.807) is 11.3 Å². The van der Waals surface area contributed by atoms with E-state index in [1.807, 2.05) is 0 Å². The molecular weight excluding hydrogens is 230 g/mol. The zero-order valence-corrected chi connectivity index (χ0v) is 11.3. The fourth-order valence-electron chi connectivity index (χ4n) is 2.55. The van der Waals surface area contributed by atoms with Crippen LogP contribution in [0.3, 0.4) is 0 Å². The minimum Gasteiger partial charge on any atom is -0.310 e. The highest BCUT2D eigenvalue weighted by Gasteiger charge is 2.28. The quantitative estimate of drug-likeness (QED) is 0.865. The summed E-state index contributed by atoms with van der Waals surface area (Å²) in [6.45, 7) is 5.75. The molecule has 1 aliphatic heterocycles. The molecule has 3 nitrogen and oxygen atoms in total. The van der Waals surface area contributed by atoms with Crippen LogP contribution in [0.5, 0.6) is 0 Å². The Balaban J connectivity index is 1.40. The van der Waals surface area contributed by atoms with Crippen molar-refractivity contribution in [2.75, 3.05) is 19.6 Å². The molecule has 1 aromatic heterocycles. The van der Waals surface area contributed by atoms with Gasteiger partial charge in [0.15, 0.2) is 0 Å². The Hall–Kier alpha value is -0.450. The van der Waals surface area contributed by atoms with E-state index in [0.29, 0.717) is 0 Å². The lowest BCUT2D eigenvalue weighted by atomic mass is 10.2. The molecule has 1 saturated heterocycles. The molecule has 1 N–H and O–H groups in total. The van der Waals surface area contributed by atoms with E-state index in [0.717, 1.165) is 18.5 Å². The second-order valence-corrected chi connectivity index (χ2v) is 6.40. The molecule has 1 aliphatic carbocycles. The van der Waals surface area contributed by atoms with Gasteiger partial charge in [0, 0.05) is 37.0 Å². The molecular formula is C13H21N3S. The average Bonchev–Trinajstić information content (AvgIpc) is 2.84. The van der Waals surface area contributed by atoms with Crippen molar-refractivity contribution in [2.24, 2.45) is 0 Å². The number of likely N-dealkylation sites (tertiary alicyclic amines) is 1. The third-order valence-electron chi connectivity index (χ3n) is 3.67. The number of nitrogens with zero attached hydrogens (tertiary/aromatic N) is 2. The van der Waals surface area contributed by atoms with Crippen LogP contribution in [-0.2, 0) is 6.42 Å². The summed E-state index contributed by atoms with van der Waals surface area (Å²) in [7, 11) is 0. The molecule has 1 unspecified atom stereocenters. The summed E-state index contributed by atoms with van der Waals surface area (Å²) in [6.07, 6.45) is 5.23. The van der Waals surface area contributed by atoms with E-state index in [4.69, 9.17) is 0 Å². The summed E-state index contributed by atoms with van der Waals surface area (Å²) in [5.41, 5.74) is 1.27. The molecule has 4 heteroatoms. The molecule has 0 radical (unpaired) electrons. The SMILES string of the molecule is Cc1nc(CCN2CCC(NC3CC3)C2)cs1. The molecule has 0 amide bonds. The second-order valence-electron chi connectivity index (χ2n) is 5.34. The van der Waals surface area contributed by atoms with Gasteiger partial charge in [0.05, 0.1) is 10.7 Å². The standard InChI is InChI=1S/C13H21N3S/c1-10-14-13(9-17-10)5-7-16-6-4-12(8-16)15-11-2-3-11/h9,11-12,15H,2-8H2,1H3. The van der Waals surface area contributed by atoms with E-state index in [9.17, 15) is 0 Å². The maximum absolute atomic E-state index is 4.53. The minimum absolute atomic E-state index is 0.750. The van der Waals surface area contributed by atoms with Gasteiger partial charge in [-0.15, -0.1) is 11.3 Å². The zero-order valence-electron chi connectivity index (χ0n) is 10.5. The van der Waals surface area contributed by atoms with E-state index < -0.39 is 0 Å². The van der Waals surface area contributed by atoms with Crippen molar-refractivity contribution in [3.63, 3.8) is 0 Å². The topological polar surface area (TPSA) is 28.2 Å². The summed E-state index contributed by atoms with van der Waals surface area (Å²) < 4.78 is 0. The van der Waals surface area contributed by atoms with Gasteiger partial charge in [-0.1, -0.05) is 0 Å². The number of thiazole rings is 1. The summed E-state index contributed by atoms with van der Waals surface area (Å²) in [5.74, 6) is 0. The summed E-state index contributed by atoms with van der Waals surface area (Å²) in [4.78, 5) is 7.10. The van der Waals surface area contributed by atoms with Crippen molar-refractivity contribution >= 4 is 11.3 Å². The molecule has 0 spiro atoms. The highest BCUT2D eigenvalue weighted by molar-refractivity contribution is 7.09. The number of aryl methyl sites for hydroxylation is 1. The number of rotatable bonds is 5. The Bertz CT molecular complexity index is 372. The molecule has 1 saturated carbocycles. The fourth-order valence-corrected chi connectivity index (χ4v) is 3.20.